The molecule has 0 radical (unpaired) electrons. The standard InChI is InChI=1S/C72H50B3N5S.C60H44B3N5/c1-4-23-52(24-5-1)73-78(55-28-8-3-9-29-55)75(54-27-20-30-57(49-54)76-67-40-15-10-33-61(67)62-34-11-16-41-68(62)76)80(59-32-21-31-58(50-59)77-69-42-17-12-35-63(69)64-36-13-18-43-70(64)77)74(53-25-6-2-7-26-53)79(73)56-47-45-51(46-48-56)60-38-22-39-66-65-37-14-19-44-71(65)81-72(60)66;1-6-23-45(24-7-1)61-66(48-29-12-4-13-30-48)62(46-25-8-2-9-26-46)68(63(47-27-10-3-11-28-47)67(61)49-31-14-5-15-32-49)52-34-22-33-50(43-52)64-59-40-21-18-37-55(59)56-44-51(41-42-60(56)64)65-57-38-19-16-35-53(57)54-36-17-20-39-58(54)65/h1-50H;1-44H. The third kappa shape index (κ3) is 15.2. The molecule has 0 N–H and O–H groups in total. The van der Waals surface area contributed by atoms with Crippen LogP contribution in [0.2, 0.25) is 0 Å². The van der Waals surface area contributed by atoms with Crippen molar-refractivity contribution in [3.63, 3.8) is 0 Å². The lowest BCUT2D eigenvalue weighted by Gasteiger charge is -2.57. The average molecular weight is 1920 g/mol. The monoisotopic (exact) mass is 1920 g/mol. The van der Waals surface area contributed by atoms with E-state index in [9.17, 15) is 0 Å². The molecule has 17 heteroatoms. The van der Waals surface area contributed by atoms with Crippen LogP contribution in [0.5, 0.6) is 0 Å². The van der Waals surface area contributed by atoms with E-state index in [1.807, 2.05) is 11.3 Å². The van der Waals surface area contributed by atoms with E-state index in [1.165, 1.54) is 135 Å². The Hall–Kier alpha value is -18.6. The first-order valence-electron chi connectivity index (χ1n) is 51.4. The fourth-order valence-corrected chi connectivity index (χ4v) is 25.6. The Morgan fingerprint density at radius 2 is 0.356 bits per heavy atom. The SMILES string of the molecule is c1ccc(B2N(c3ccc(-c4cccc5c4sc4ccccc45)cc3)B(c3ccccc3)N(c3cccc(-n4c5ccccc5c5ccccc54)c3)B(c3cccc(-n4c5ccccc5c5ccccc54)c3)N2c2ccccc2)cc1.c1ccc(B2N(c3ccccc3)B(c3ccccc3)N(c3cccc(-n4c5ccccc5c5cc(-n6c7ccccc7c7ccccc76)ccc54)c3)B(c3ccccc3)N2c2ccccc2)cc1. The van der Waals surface area contributed by atoms with E-state index < -0.39 is 0 Å². The molecule has 2 aliphatic rings. The molecule has 2 fully saturated rings. The number of para-hydroxylation sites is 10. The van der Waals surface area contributed by atoms with Crippen LogP contribution in [0.3, 0.4) is 0 Å². The molecule has 27 aromatic rings. The number of fused-ring (bicyclic) bond motifs is 15. The Kier molecular flexibility index (Phi) is 22.2. The Morgan fingerprint density at radius 1 is 0.134 bits per heavy atom. The maximum absolute atomic E-state index is 2.70. The molecule has 22 aromatic carbocycles. The first-order valence-corrected chi connectivity index (χ1v) is 52.3. The number of nitrogens with zero attached hydrogens (tertiary/aromatic N) is 10. The van der Waals surface area contributed by atoms with Gasteiger partial charge < -0.3 is 46.6 Å². The zero-order chi connectivity index (χ0) is 98.4. The van der Waals surface area contributed by atoms with Gasteiger partial charge in [-0.05, 0) is 208 Å². The Labute approximate surface area is 871 Å². The highest BCUT2D eigenvalue weighted by Crippen LogP contribution is 2.46. The molecule has 10 nitrogen and oxygen atoms in total. The fraction of sp³-hybridized carbons (Fsp3) is 0. The van der Waals surface area contributed by atoms with Crippen molar-refractivity contribution in [3.05, 3.63) is 570 Å². The van der Waals surface area contributed by atoms with Crippen LogP contribution in [0.25, 0.3) is 141 Å². The number of hydrogen-bond donors (Lipinski definition) is 0. The highest BCUT2D eigenvalue weighted by Gasteiger charge is 2.58. The van der Waals surface area contributed by atoms with E-state index in [4.69, 9.17) is 0 Å². The second-order valence-electron chi connectivity index (χ2n) is 38.9. The Bertz CT molecular complexity index is 9420. The minimum atomic E-state index is -0.370. The second kappa shape index (κ2) is 37.6. The van der Waals surface area contributed by atoms with Gasteiger partial charge in [0.05, 0.1) is 44.1 Å². The molecule has 0 aliphatic carbocycles. The largest absolute Gasteiger partial charge is 0.416 e. The van der Waals surface area contributed by atoms with Crippen molar-refractivity contribution in [1.82, 2.24) is 18.3 Å². The van der Waals surface area contributed by atoms with E-state index in [2.05, 4.69) is 617 Å². The summed E-state index contributed by atoms with van der Waals surface area (Å²) in [6, 6.07) is 210. The van der Waals surface area contributed by atoms with E-state index in [1.54, 1.807) is 0 Å². The van der Waals surface area contributed by atoms with E-state index >= 15 is 0 Å². The summed E-state index contributed by atoms with van der Waals surface area (Å²) >= 11 is 1.88. The van der Waals surface area contributed by atoms with Gasteiger partial charge in [-0.3, -0.25) is 0 Å². The van der Waals surface area contributed by atoms with E-state index in [-0.39, 0.29) is 41.9 Å². The predicted octanol–water partition coefficient (Wildman–Crippen LogP) is 27.8. The highest BCUT2D eigenvalue weighted by atomic mass is 32.1. The van der Waals surface area contributed by atoms with Crippen LogP contribution in [0.1, 0.15) is 0 Å². The maximum atomic E-state index is 2.70. The molecule has 0 bridgehead atoms. The van der Waals surface area contributed by atoms with Crippen molar-refractivity contribution in [2.24, 2.45) is 0 Å². The van der Waals surface area contributed by atoms with Crippen LogP contribution in [0.15, 0.2) is 570 Å². The van der Waals surface area contributed by atoms with Gasteiger partial charge in [0.1, 0.15) is 0 Å². The van der Waals surface area contributed by atoms with Gasteiger partial charge in [0.25, 0.3) is 0 Å². The van der Waals surface area contributed by atoms with Crippen LogP contribution in [0.4, 0.5) is 34.1 Å². The van der Waals surface area contributed by atoms with Crippen LogP contribution >= 0.6 is 11.3 Å². The van der Waals surface area contributed by atoms with Crippen molar-refractivity contribution in [2.75, 3.05) is 28.3 Å². The molecule has 7 heterocycles. The summed E-state index contributed by atoms with van der Waals surface area (Å²) in [5.41, 5.74) is 30.1. The van der Waals surface area contributed by atoms with Gasteiger partial charge in [0.15, 0.2) is 0 Å². The van der Waals surface area contributed by atoms with Crippen molar-refractivity contribution in [1.29, 1.82) is 0 Å². The Morgan fingerprint density at radius 3 is 0.705 bits per heavy atom. The summed E-state index contributed by atoms with van der Waals surface area (Å²) in [5, 5.41) is 12.5. The summed E-state index contributed by atoms with van der Waals surface area (Å²) < 4.78 is 28.4. The van der Waals surface area contributed by atoms with Gasteiger partial charge in [-0.15, -0.1) is 11.3 Å². The smallest absolute Gasteiger partial charge is 0.389 e. The number of thiophene rings is 1. The van der Waals surface area contributed by atoms with Crippen molar-refractivity contribution >= 4 is 228 Å². The molecule has 5 aromatic heterocycles. The minimum Gasteiger partial charge on any atom is -0.416 e. The first-order chi connectivity index (χ1) is 74.0. The number of aromatic nitrogens is 4. The molecule has 149 heavy (non-hydrogen) atoms. The lowest BCUT2D eigenvalue weighted by atomic mass is 9.37. The molecule has 0 amide bonds. The summed E-state index contributed by atoms with van der Waals surface area (Å²) in [5.74, 6) is 0. The van der Waals surface area contributed by atoms with Gasteiger partial charge in [0.2, 0.25) is 0 Å². The molecule has 29 rings (SSSR count). The molecular weight excluding hydrogens is 1820 g/mol. The highest BCUT2D eigenvalue weighted by molar-refractivity contribution is 7.26. The molecule has 2 saturated heterocycles. The second-order valence-corrected chi connectivity index (χ2v) is 39.9. The van der Waals surface area contributed by atoms with Crippen LogP contribution < -0.4 is 61.1 Å². The minimum absolute atomic E-state index is 0.197. The van der Waals surface area contributed by atoms with Crippen molar-refractivity contribution in [3.8, 4) is 33.9 Å². The van der Waals surface area contributed by atoms with Gasteiger partial charge in [-0.25, -0.2) is 0 Å². The molecule has 0 saturated carbocycles. The summed E-state index contributed by atoms with van der Waals surface area (Å²) in [6.07, 6.45) is 0. The summed E-state index contributed by atoms with van der Waals surface area (Å²) in [6.45, 7) is -1.70. The third-order valence-corrected chi connectivity index (χ3v) is 31.8. The Balaban J connectivity index is 0.000000146. The zero-order valence-electron chi connectivity index (χ0n) is 81.6. The van der Waals surface area contributed by atoms with Gasteiger partial charge in [-0.1, -0.05) is 406 Å². The average Bonchev–Trinajstić information content (AvgIpc) is 1.50. The molecule has 2 aliphatic heterocycles. The molecule has 0 unspecified atom stereocenters. The van der Waals surface area contributed by atoms with Gasteiger partial charge in [-0.2, -0.15) is 0 Å². The van der Waals surface area contributed by atoms with Gasteiger partial charge in [0, 0.05) is 120 Å². The summed E-state index contributed by atoms with van der Waals surface area (Å²) in [4.78, 5) is 0. The number of benzene rings is 22. The topological polar surface area (TPSA) is 39.2 Å². The van der Waals surface area contributed by atoms with Crippen molar-refractivity contribution in [2.45, 2.75) is 0 Å². The summed E-state index contributed by atoms with van der Waals surface area (Å²) in [7, 11) is 0. The van der Waals surface area contributed by atoms with E-state index in [0.29, 0.717) is 0 Å². The zero-order valence-corrected chi connectivity index (χ0v) is 82.4. The van der Waals surface area contributed by atoms with E-state index in [0.717, 1.165) is 73.4 Å². The quantitative estimate of drug-likeness (QED) is 0.0846. The number of anilines is 6. The van der Waals surface area contributed by atoms with Crippen LogP contribution in [-0.2, 0) is 0 Å². The normalized spacial score (nSPS) is 13.1. The molecule has 696 valence electrons. The van der Waals surface area contributed by atoms with Crippen LogP contribution in [-0.4, -0.2) is 60.2 Å². The fourth-order valence-electron chi connectivity index (χ4n) is 24.3. The number of hydrogen-bond acceptors (Lipinski definition) is 7. The van der Waals surface area contributed by atoms with Gasteiger partial charge >= 0.3 is 41.9 Å². The molecule has 0 atom stereocenters. The van der Waals surface area contributed by atoms with Crippen molar-refractivity contribution < 1.29 is 0 Å². The van der Waals surface area contributed by atoms with Crippen LogP contribution in [0, 0.1) is 0 Å². The lowest BCUT2D eigenvalue weighted by Crippen LogP contribution is -2.86. The maximum Gasteiger partial charge on any atom is 0.389 e. The molecular formula is C132H94B6N10S. The third-order valence-electron chi connectivity index (χ3n) is 30.5. The predicted molar refractivity (Wildman–Crippen MR) is 640 cm³/mol. The molecule has 0 spiro atoms. The first kappa shape index (κ1) is 88.2. The lowest BCUT2D eigenvalue weighted by molar-refractivity contribution is 1.16. The number of rotatable bonds is 17.